The predicted molar refractivity (Wildman–Crippen MR) is 88.6 cm³/mol. The molecule has 0 aliphatic heterocycles. The molecule has 0 unspecified atom stereocenters. The Hall–Kier alpha value is -2.29. The normalized spacial score (nSPS) is 10.0. The Kier molecular flexibility index (Phi) is 3.42. The molecule has 1 aromatic heterocycles. The minimum absolute atomic E-state index is 0.743. The second-order valence-electron chi connectivity index (χ2n) is 4.15. The molecule has 94 valence electrons. The molecule has 3 nitrogen and oxygen atoms in total. The maximum absolute atomic E-state index is 4.62. The maximum atomic E-state index is 4.62. The number of rotatable bonds is 2. The lowest BCUT2D eigenvalue weighted by molar-refractivity contribution is 1.47. The van der Waals surface area contributed by atoms with Crippen LogP contribution in [0.15, 0.2) is 52.4 Å². The Balaban J connectivity index is 2.29. The first-order chi connectivity index (χ1) is 9.80. The summed E-state index contributed by atoms with van der Waals surface area (Å²) in [5.74, 6) is 0. The van der Waals surface area contributed by atoms with E-state index in [1.807, 2.05) is 36.4 Å². The van der Waals surface area contributed by atoms with Gasteiger partial charge in [0.2, 0.25) is 0 Å². The van der Waals surface area contributed by atoms with Crippen molar-refractivity contribution in [2.24, 2.45) is 9.98 Å². The van der Waals surface area contributed by atoms with Crippen LogP contribution >= 0.6 is 24.4 Å². The summed E-state index contributed by atoms with van der Waals surface area (Å²) in [6, 6.07) is 13.5. The molecule has 3 rings (SSSR count). The van der Waals surface area contributed by atoms with Gasteiger partial charge in [-0.05, 0) is 54.8 Å². The van der Waals surface area contributed by atoms with Crippen molar-refractivity contribution in [3.05, 3.63) is 42.5 Å². The van der Waals surface area contributed by atoms with E-state index in [9.17, 15) is 0 Å². The number of aromatic nitrogens is 1. The molecule has 0 N–H and O–H groups in total. The standard InChI is InChI=1S/C15H7N3S2/c19-8-16-12-3-1-10-5-11-2-4-13(17-9-20)7-15(11)18-14(10)6-12/h1-7H. The first kappa shape index (κ1) is 12.7. The minimum Gasteiger partial charge on any atom is -0.248 e. The molecule has 2 aromatic carbocycles. The van der Waals surface area contributed by atoms with E-state index in [0.29, 0.717) is 0 Å². The third kappa shape index (κ3) is 2.39. The minimum atomic E-state index is 0.743. The van der Waals surface area contributed by atoms with Crippen molar-refractivity contribution in [1.29, 1.82) is 0 Å². The van der Waals surface area contributed by atoms with Crippen LogP contribution in [0, 0.1) is 0 Å². The van der Waals surface area contributed by atoms with Gasteiger partial charge in [-0.1, -0.05) is 12.1 Å². The fourth-order valence-corrected chi connectivity index (χ4v) is 2.25. The Labute approximate surface area is 125 Å². The number of isothiocyanates is 2. The molecular formula is C15H7N3S2. The van der Waals surface area contributed by atoms with E-state index in [0.717, 1.165) is 33.2 Å². The Bertz CT molecular complexity index is 848. The van der Waals surface area contributed by atoms with E-state index in [1.54, 1.807) is 0 Å². The quantitative estimate of drug-likeness (QED) is 0.385. The van der Waals surface area contributed by atoms with Crippen molar-refractivity contribution in [3.63, 3.8) is 0 Å². The fraction of sp³-hybridized carbons (Fsp3) is 0. The molecular weight excluding hydrogens is 286 g/mol. The summed E-state index contributed by atoms with van der Waals surface area (Å²) >= 11 is 9.23. The third-order valence-electron chi connectivity index (χ3n) is 2.93. The molecule has 0 aliphatic carbocycles. The molecule has 0 saturated carbocycles. The van der Waals surface area contributed by atoms with Gasteiger partial charge in [-0.25, -0.2) is 4.98 Å². The second-order valence-corrected chi connectivity index (χ2v) is 4.51. The lowest BCUT2D eigenvalue weighted by atomic mass is 10.1. The average Bonchev–Trinajstić information content (AvgIpc) is 2.46. The molecule has 0 radical (unpaired) electrons. The molecule has 0 atom stereocenters. The maximum Gasteiger partial charge on any atom is 0.0761 e. The zero-order valence-electron chi connectivity index (χ0n) is 10.2. The van der Waals surface area contributed by atoms with E-state index in [4.69, 9.17) is 0 Å². The highest BCUT2D eigenvalue weighted by Crippen LogP contribution is 2.26. The van der Waals surface area contributed by atoms with Gasteiger partial charge in [-0.2, -0.15) is 9.98 Å². The van der Waals surface area contributed by atoms with Gasteiger partial charge in [0, 0.05) is 10.8 Å². The van der Waals surface area contributed by atoms with Crippen molar-refractivity contribution in [1.82, 2.24) is 4.98 Å². The molecule has 1 heterocycles. The lowest BCUT2D eigenvalue weighted by Crippen LogP contribution is -1.82. The first-order valence-electron chi connectivity index (χ1n) is 5.80. The summed E-state index contributed by atoms with van der Waals surface area (Å²) in [5, 5.41) is 6.81. The van der Waals surface area contributed by atoms with Gasteiger partial charge in [0.05, 0.1) is 32.7 Å². The fourth-order valence-electron chi connectivity index (χ4n) is 2.04. The molecule has 0 spiro atoms. The first-order valence-corrected chi connectivity index (χ1v) is 6.62. The average molecular weight is 293 g/mol. The van der Waals surface area contributed by atoms with E-state index >= 15 is 0 Å². The molecule has 5 heteroatoms. The predicted octanol–water partition coefficient (Wildman–Crippen LogP) is 4.86. The van der Waals surface area contributed by atoms with Gasteiger partial charge in [0.15, 0.2) is 0 Å². The van der Waals surface area contributed by atoms with E-state index in [1.165, 1.54) is 0 Å². The second kappa shape index (κ2) is 5.37. The van der Waals surface area contributed by atoms with E-state index in [2.05, 4.69) is 55.8 Å². The number of aliphatic imine (C=N–C) groups is 2. The summed E-state index contributed by atoms with van der Waals surface area (Å²) < 4.78 is 0. The number of fused-ring (bicyclic) bond motifs is 2. The number of nitrogens with zero attached hydrogens (tertiary/aromatic N) is 3. The molecule has 0 aliphatic rings. The highest BCUT2D eigenvalue weighted by molar-refractivity contribution is 7.78. The Morgan fingerprint density at radius 3 is 1.70 bits per heavy atom. The van der Waals surface area contributed by atoms with Crippen LogP contribution in [0.5, 0.6) is 0 Å². The highest BCUT2D eigenvalue weighted by Gasteiger charge is 2.02. The topological polar surface area (TPSA) is 37.6 Å². The molecule has 0 bridgehead atoms. The van der Waals surface area contributed by atoms with Crippen LogP contribution in [-0.4, -0.2) is 15.3 Å². The summed E-state index contributed by atoms with van der Waals surface area (Å²) in [6.45, 7) is 0. The summed E-state index contributed by atoms with van der Waals surface area (Å²) in [7, 11) is 0. The molecule has 0 amide bonds. The van der Waals surface area contributed by atoms with Crippen LogP contribution < -0.4 is 0 Å². The van der Waals surface area contributed by atoms with Crippen LogP contribution in [0.25, 0.3) is 21.8 Å². The zero-order chi connectivity index (χ0) is 13.9. The van der Waals surface area contributed by atoms with Crippen molar-refractivity contribution < 1.29 is 0 Å². The van der Waals surface area contributed by atoms with Crippen LogP contribution in [0.4, 0.5) is 11.4 Å². The highest BCUT2D eigenvalue weighted by atomic mass is 32.1. The summed E-state index contributed by atoms with van der Waals surface area (Å²) in [6.07, 6.45) is 0. The number of thiocarbonyl (C=S) groups is 2. The van der Waals surface area contributed by atoms with Crippen molar-refractivity contribution in [2.45, 2.75) is 0 Å². The summed E-state index contributed by atoms with van der Waals surface area (Å²) in [5.41, 5.74) is 3.19. The van der Waals surface area contributed by atoms with Gasteiger partial charge in [-0.15, -0.1) is 0 Å². The largest absolute Gasteiger partial charge is 0.248 e. The Morgan fingerprint density at radius 2 is 1.25 bits per heavy atom. The van der Waals surface area contributed by atoms with Crippen molar-refractivity contribution in [2.75, 3.05) is 0 Å². The number of hydrogen-bond donors (Lipinski definition) is 0. The van der Waals surface area contributed by atoms with Gasteiger partial charge in [0.25, 0.3) is 0 Å². The molecule has 0 fully saturated rings. The van der Waals surface area contributed by atoms with Gasteiger partial charge in [-0.3, -0.25) is 0 Å². The molecule has 20 heavy (non-hydrogen) atoms. The van der Waals surface area contributed by atoms with Crippen LogP contribution in [0.3, 0.4) is 0 Å². The monoisotopic (exact) mass is 293 g/mol. The number of benzene rings is 2. The van der Waals surface area contributed by atoms with Gasteiger partial charge >= 0.3 is 0 Å². The zero-order valence-corrected chi connectivity index (χ0v) is 11.8. The van der Waals surface area contributed by atoms with Crippen molar-refractivity contribution in [3.8, 4) is 0 Å². The lowest BCUT2D eigenvalue weighted by Gasteiger charge is -2.03. The number of hydrogen-bond acceptors (Lipinski definition) is 5. The third-order valence-corrected chi connectivity index (χ3v) is 3.11. The van der Waals surface area contributed by atoms with Crippen LogP contribution in [0.2, 0.25) is 0 Å². The van der Waals surface area contributed by atoms with E-state index < -0.39 is 0 Å². The van der Waals surface area contributed by atoms with Crippen molar-refractivity contribution >= 4 is 67.9 Å². The molecule has 3 aromatic rings. The number of pyridine rings is 1. The smallest absolute Gasteiger partial charge is 0.0761 e. The Morgan fingerprint density at radius 1 is 0.750 bits per heavy atom. The van der Waals surface area contributed by atoms with Gasteiger partial charge in [0.1, 0.15) is 0 Å². The van der Waals surface area contributed by atoms with E-state index in [-0.39, 0.29) is 0 Å². The van der Waals surface area contributed by atoms with Gasteiger partial charge < -0.3 is 0 Å². The SMILES string of the molecule is S=C=Nc1ccc2cc3ccc(N=C=S)cc3nc2c1. The molecule has 0 saturated heterocycles. The summed E-state index contributed by atoms with van der Waals surface area (Å²) in [4.78, 5) is 12.6. The van der Waals surface area contributed by atoms with Crippen LogP contribution in [0.1, 0.15) is 0 Å². The van der Waals surface area contributed by atoms with Crippen LogP contribution in [-0.2, 0) is 0 Å².